The van der Waals surface area contributed by atoms with Crippen LogP contribution < -0.4 is 0 Å². The fourth-order valence-electron chi connectivity index (χ4n) is 3.89. The molecule has 0 N–H and O–H groups in total. The maximum atomic E-state index is 11.5. The fourth-order valence-corrected chi connectivity index (χ4v) is 3.89. The van der Waals surface area contributed by atoms with Gasteiger partial charge >= 0.3 is 0 Å². The molecule has 4 rings (SSSR count). The number of hydrogen-bond acceptors (Lipinski definition) is 1. The highest BCUT2D eigenvalue weighted by molar-refractivity contribution is 5.78. The van der Waals surface area contributed by atoms with Crippen LogP contribution in [0.2, 0.25) is 0 Å². The van der Waals surface area contributed by atoms with Crippen molar-refractivity contribution in [3.05, 3.63) is 107 Å². The lowest BCUT2D eigenvalue weighted by Gasteiger charge is -2.23. The lowest BCUT2D eigenvalue weighted by atomic mass is 9.80. The van der Waals surface area contributed by atoms with Crippen molar-refractivity contribution < 1.29 is 4.79 Å². The molecule has 0 spiro atoms. The average Bonchev–Trinajstić information content (AvgIpc) is 3.02. The predicted octanol–water partition coefficient (Wildman–Crippen LogP) is 4.97. The first-order chi connectivity index (χ1) is 11.4. The number of hydrogen-bond donors (Lipinski definition) is 0. The van der Waals surface area contributed by atoms with Crippen molar-refractivity contribution in [2.75, 3.05) is 0 Å². The minimum atomic E-state index is 0.245. The van der Waals surface area contributed by atoms with Crippen LogP contribution in [0.3, 0.4) is 0 Å². The number of rotatable bonds is 3. The maximum absolute atomic E-state index is 11.5. The normalized spacial score (nSPS) is 19.3. The van der Waals surface area contributed by atoms with E-state index in [1.54, 1.807) is 0 Å². The molecule has 0 saturated heterocycles. The zero-order valence-electron chi connectivity index (χ0n) is 12.9. The van der Waals surface area contributed by atoms with E-state index in [1.807, 2.05) is 18.2 Å². The van der Waals surface area contributed by atoms with Crippen LogP contribution >= 0.6 is 0 Å². The van der Waals surface area contributed by atoms with E-state index in [9.17, 15) is 4.79 Å². The van der Waals surface area contributed by atoms with Gasteiger partial charge in [0.15, 0.2) is 0 Å². The molecule has 0 bridgehead atoms. The Hall–Kier alpha value is -2.67. The standard InChI is InChI=1S/C22H18O/c23-15-18-11-5-7-13-20(18)22-19-12-6-4-10-17(19)14-21(22)16-8-2-1-3-9-16/h1-13,15,21-22H,14H2. The Bertz CT molecular complexity index is 835. The van der Waals surface area contributed by atoms with Crippen LogP contribution in [0.15, 0.2) is 78.9 Å². The zero-order chi connectivity index (χ0) is 15.6. The number of aldehydes is 1. The monoisotopic (exact) mass is 298 g/mol. The third-order valence-corrected chi connectivity index (χ3v) is 4.92. The van der Waals surface area contributed by atoms with Gasteiger partial charge in [0.05, 0.1) is 0 Å². The van der Waals surface area contributed by atoms with Crippen molar-refractivity contribution in [3.63, 3.8) is 0 Å². The molecule has 3 aromatic rings. The second-order valence-corrected chi connectivity index (χ2v) is 6.14. The maximum Gasteiger partial charge on any atom is 0.150 e. The van der Waals surface area contributed by atoms with Crippen LogP contribution in [0.25, 0.3) is 0 Å². The molecule has 0 radical (unpaired) electrons. The predicted molar refractivity (Wildman–Crippen MR) is 93.0 cm³/mol. The Morgan fingerprint density at radius 3 is 2.17 bits per heavy atom. The van der Waals surface area contributed by atoms with E-state index in [2.05, 4.69) is 60.7 Å². The summed E-state index contributed by atoms with van der Waals surface area (Å²) in [5.41, 5.74) is 6.04. The third-order valence-electron chi connectivity index (χ3n) is 4.92. The molecule has 0 fully saturated rings. The average molecular weight is 298 g/mol. The summed E-state index contributed by atoms with van der Waals surface area (Å²) in [5.74, 6) is 0.629. The Morgan fingerprint density at radius 2 is 1.39 bits per heavy atom. The van der Waals surface area contributed by atoms with Crippen LogP contribution in [0.1, 0.15) is 44.4 Å². The lowest BCUT2D eigenvalue weighted by Crippen LogP contribution is -2.10. The third kappa shape index (κ3) is 2.39. The van der Waals surface area contributed by atoms with Gasteiger partial charge in [0.25, 0.3) is 0 Å². The number of carbonyl (C=O) groups excluding carboxylic acids is 1. The van der Waals surface area contributed by atoms with Crippen molar-refractivity contribution in [2.24, 2.45) is 0 Å². The summed E-state index contributed by atoms with van der Waals surface area (Å²) in [4.78, 5) is 11.5. The Labute approximate surface area is 136 Å². The molecule has 3 aromatic carbocycles. The summed E-state index contributed by atoms with van der Waals surface area (Å²) in [7, 11) is 0. The molecule has 1 heteroatoms. The first-order valence-corrected chi connectivity index (χ1v) is 8.05. The minimum Gasteiger partial charge on any atom is -0.298 e. The van der Waals surface area contributed by atoms with Crippen molar-refractivity contribution in [2.45, 2.75) is 18.3 Å². The molecule has 1 aliphatic rings. The summed E-state index contributed by atoms with van der Waals surface area (Å²) in [6, 6.07) is 27.3. The van der Waals surface area contributed by atoms with E-state index < -0.39 is 0 Å². The summed E-state index contributed by atoms with van der Waals surface area (Å²) in [6.45, 7) is 0. The second kappa shape index (κ2) is 5.85. The Morgan fingerprint density at radius 1 is 0.739 bits per heavy atom. The summed E-state index contributed by atoms with van der Waals surface area (Å²) in [6.07, 6.45) is 2.01. The minimum absolute atomic E-state index is 0.245. The Kier molecular flexibility index (Phi) is 3.55. The summed E-state index contributed by atoms with van der Waals surface area (Å²) in [5, 5.41) is 0. The first kappa shape index (κ1) is 14.0. The molecule has 0 saturated carbocycles. The fraction of sp³-hybridized carbons (Fsp3) is 0.136. The van der Waals surface area contributed by atoms with Gasteiger partial charge in [-0.05, 0) is 34.6 Å². The van der Waals surface area contributed by atoms with Gasteiger partial charge in [0.2, 0.25) is 0 Å². The van der Waals surface area contributed by atoms with E-state index >= 15 is 0 Å². The van der Waals surface area contributed by atoms with E-state index in [0.29, 0.717) is 5.92 Å². The van der Waals surface area contributed by atoms with Crippen molar-refractivity contribution >= 4 is 6.29 Å². The van der Waals surface area contributed by atoms with Gasteiger partial charge in [-0.2, -0.15) is 0 Å². The molecule has 0 aliphatic heterocycles. The molecule has 2 unspecified atom stereocenters. The second-order valence-electron chi connectivity index (χ2n) is 6.14. The van der Waals surface area contributed by atoms with Crippen LogP contribution in [-0.4, -0.2) is 6.29 Å². The molecule has 1 nitrogen and oxygen atoms in total. The molecule has 2 atom stereocenters. The molecular formula is C22H18O. The quantitative estimate of drug-likeness (QED) is 0.624. The van der Waals surface area contributed by atoms with Gasteiger partial charge in [-0.1, -0.05) is 78.9 Å². The van der Waals surface area contributed by atoms with Gasteiger partial charge in [-0.3, -0.25) is 4.79 Å². The van der Waals surface area contributed by atoms with Crippen molar-refractivity contribution in [1.29, 1.82) is 0 Å². The highest BCUT2D eigenvalue weighted by Gasteiger charge is 2.35. The highest BCUT2D eigenvalue weighted by atomic mass is 16.1. The van der Waals surface area contributed by atoms with Crippen molar-refractivity contribution in [3.8, 4) is 0 Å². The largest absolute Gasteiger partial charge is 0.298 e. The van der Waals surface area contributed by atoms with Gasteiger partial charge in [-0.15, -0.1) is 0 Å². The van der Waals surface area contributed by atoms with Crippen LogP contribution in [-0.2, 0) is 6.42 Å². The van der Waals surface area contributed by atoms with Crippen LogP contribution in [0, 0.1) is 0 Å². The summed E-state index contributed by atoms with van der Waals surface area (Å²) >= 11 is 0. The topological polar surface area (TPSA) is 17.1 Å². The smallest absolute Gasteiger partial charge is 0.150 e. The highest BCUT2D eigenvalue weighted by Crippen LogP contribution is 2.48. The zero-order valence-corrected chi connectivity index (χ0v) is 12.9. The first-order valence-electron chi connectivity index (χ1n) is 8.05. The van der Waals surface area contributed by atoms with Gasteiger partial charge in [0.1, 0.15) is 6.29 Å². The van der Waals surface area contributed by atoms with Crippen LogP contribution in [0.4, 0.5) is 0 Å². The van der Waals surface area contributed by atoms with E-state index in [0.717, 1.165) is 23.8 Å². The molecular weight excluding hydrogens is 280 g/mol. The molecule has 23 heavy (non-hydrogen) atoms. The van der Waals surface area contributed by atoms with Crippen molar-refractivity contribution in [1.82, 2.24) is 0 Å². The number of benzene rings is 3. The molecule has 112 valence electrons. The van der Waals surface area contributed by atoms with Crippen LogP contribution in [0.5, 0.6) is 0 Å². The number of fused-ring (bicyclic) bond motifs is 1. The van der Waals surface area contributed by atoms with Gasteiger partial charge < -0.3 is 0 Å². The lowest BCUT2D eigenvalue weighted by molar-refractivity contribution is 0.112. The molecule has 0 heterocycles. The van der Waals surface area contributed by atoms with E-state index in [4.69, 9.17) is 0 Å². The SMILES string of the molecule is O=Cc1ccccc1C1c2ccccc2CC1c1ccccc1. The van der Waals surface area contributed by atoms with E-state index in [-0.39, 0.29) is 5.92 Å². The van der Waals surface area contributed by atoms with E-state index in [1.165, 1.54) is 16.7 Å². The molecule has 0 amide bonds. The Balaban J connectivity index is 1.90. The summed E-state index contributed by atoms with van der Waals surface area (Å²) < 4.78 is 0. The molecule has 1 aliphatic carbocycles. The van der Waals surface area contributed by atoms with Gasteiger partial charge in [-0.25, -0.2) is 0 Å². The van der Waals surface area contributed by atoms with Gasteiger partial charge in [0, 0.05) is 11.5 Å². The number of carbonyl (C=O) groups is 1. The molecule has 0 aromatic heterocycles.